The fraction of sp³-hybridized carbons (Fsp3) is 0.462. The van der Waals surface area contributed by atoms with E-state index in [0.29, 0.717) is 18.0 Å². The summed E-state index contributed by atoms with van der Waals surface area (Å²) in [5, 5.41) is 8.75. The van der Waals surface area contributed by atoms with E-state index in [9.17, 15) is 8.42 Å². The first-order chi connectivity index (χ1) is 8.36. The third kappa shape index (κ3) is 3.83. The second-order valence-corrected chi connectivity index (χ2v) is 6.48. The zero-order valence-electron chi connectivity index (χ0n) is 10.8. The highest BCUT2D eigenvalue weighted by Crippen LogP contribution is 2.13. The predicted octanol–water partition coefficient (Wildman–Crippen LogP) is 2.13. The molecule has 1 aromatic carbocycles. The number of hydrogen-bond acceptors (Lipinski definition) is 3. The molecule has 1 N–H and O–H groups in total. The molecule has 0 amide bonds. The SMILES string of the molecule is CC(C)C(C)CNS(=O)(=O)c1cccc(C#N)c1. The number of nitrogens with zero attached hydrogens (tertiary/aromatic N) is 1. The van der Waals surface area contributed by atoms with Gasteiger partial charge in [0.2, 0.25) is 10.0 Å². The number of hydrogen-bond donors (Lipinski definition) is 1. The van der Waals surface area contributed by atoms with Crippen molar-refractivity contribution in [1.29, 1.82) is 5.26 Å². The van der Waals surface area contributed by atoms with E-state index in [1.165, 1.54) is 12.1 Å². The molecule has 0 aliphatic heterocycles. The summed E-state index contributed by atoms with van der Waals surface area (Å²) in [6.45, 7) is 6.50. The Morgan fingerprint density at radius 2 is 2.00 bits per heavy atom. The first-order valence-corrected chi connectivity index (χ1v) is 7.35. The van der Waals surface area contributed by atoms with Crippen LogP contribution in [0.25, 0.3) is 0 Å². The predicted molar refractivity (Wildman–Crippen MR) is 70.3 cm³/mol. The Morgan fingerprint density at radius 3 is 2.56 bits per heavy atom. The highest BCUT2D eigenvalue weighted by molar-refractivity contribution is 7.89. The lowest BCUT2D eigenvalue weighted by atomic mass is 9.99. The van der Waals surface area contributed by atoms with Crippen molar-refractivity contribution in [3.05, 3.63) is 29.8 Å². The van der Waals surface area contributed by atoms with Crippen LogP contribution in [0.4, 0.5) is 0 Å². The maximum absolute atomic E-state index is 12.0. The molecule has 0 aliphatic rings. The summed E-state index contributed by atoms with van der Waals surface area (Å²) in [6, 6.07) is 7.94. The third-order valence-corrected chi connectivity index (χ3v) is 4.43. The monoisotopic (exact) mass is 266 g/mol. The largest absolute Gasteiger partial charge is 0.240 e. The molecular formula is C13H18N2O2S. The number of sulfonamides is 1. The van der Waals surface area contributed by atoms with Crippen molar-refractivity contribution in [2.45, 2.75) is 25.7 Å². The van der Waals surface area contributed by atoms with E-state index < -0.39 is 10.0 Å². The molecule has 0 fully saturated rings. The highest BCUT2D eigenvalue weighted by Gasteiger charge is 2.16. The van der Waals surface area contributed by atoms with Gasteiger partial charge in [-0.2, -0.15) is 5.26 Å². The Hall–Kier alpha value is -1.38. The number of rotatable bonds is 5. The normalized spacial score (nSPS) is 13.3. The molecule has 4 nitrogen and oxygen atoms in total. The molecule has 98 valence electrons. The van der Waals surface area contributed by atoms with Crippen molar-refractivity contribution in [3.8, 4) is 6.07 Å². The van der Waals surface area contributed by atoms with Gasteiger partial charge in [0.25, 0.3) is 0 Å². The first-order valence-electron chi connectivity index (χ1n) is 5.86. The Kier molecular flexibility index (Phi) is 4.88. The molecule has 18 heavy (non-hydrogen) atoms. The van der Waals surface area contributed by atoms with Crippen molar-refractivity contribution in [2.75, 3.05) is 6.54 Å². The number of nitriles is 1. The van der Waals surface area contributed by atoms with Gasteiger partial charge in [0.15, 0.2) is 0 Å². The minimum absolute atomic E-state index is 0.137. The summed E-state index contributed by atoms with van der Waals surface area (Å²) in [5.74, 6) is 0.678. The van der Waals surface area contributed by atoms with Crippen molar-refractivity contribution < 1.29 is 8.42 Å². The summed E-state index contributed by atoms with van der Waals surface area (Å²) >= 11 is 0. The van der Waals surface area contributed by atoms with Crippen LogP contribution in [0, 0.1) is 23.2 Å². The molecule has 0 saturated heterocycles. The quantitative estimate of drug-likeness (QED) is 0.887. The summed E-state index contributed by atoms with van der Waals surface area (Å²) in [4.78, 5) is 0.137. The van der Waals surface area contributed by atoms with Crippen LogP contribution in [0.15, 0.2) is 29.2 Å². The first kappa shape index (κ1) is 14.7. The smallest absolute Gasteiger partial charge is 0.211 e. The molecule has 5 heteroatoms. The minimum atomic E-state index is -3.52. The van der Waals surface area contributed by atoms with E-state index in [1.807, 2.05) is 13.0 Å². The van der Waals surface area contributed by atoms with Crippen LogP contribution < -0.4 is 4.72 Å². The van der Waals surface area contributed by atoms with Gasteiger partial charge in [-0.1, -0.05) is 26.8 Å². The van der Waals surface area contributed by atoms with E-state index in [0.717, 1.165) is 0 Å². The molecule has 0 aromatic heterocycles. The molecule has 1 unspecified atom stereocenters. The molecule has 0 spiro atoms. The minimum Gasteiger partial charge on any atom is -0.211 e. The van der Waals surface area contributed by atoms with Crippen LogP contribution in [-0.2, 0) is 10.0 Å². The fourth-order valence-electron chi connectivity index (χ4n) is 1.29. The van der Waals surface area contributed by atoms with Crippen LogP contribution in [0.1, 0.15) is 26.3 Å². The Labute approximate surface area is 109 Å². The Balaban J connectivity index is 2.84. The topological polar surface area (TPSA) is 70.0 Å². The standard InChI is InChI=1S/C13H18N2O2S/c1-10(2)11(3)9-15-18(16,17)13-6-4-5-12(7-13)8-14/h4-7,10-11,15H,9H2,1-3H3. The molecule has 1 atom stereocenters. The van der Waals surface area contributed by atoms with E-state index in [-0.39, 0.29) is 10.8 Å². The highest BCUT2D eigenvalue weighted by atomic mass is 32.2. The average molecular weight is 266 g/mol. The van der Waals surface area contributed by atoms with Crippen molar-refractivity contribution in [3.63, 3.8) is 0 Å². The number of nitrogens with one attached hydrogen (secondary N) is 1. The summed E-state index contributed by atoms with van der Waals surface area (Å²) < 4.78 is 26.6. The van der Waals surface area contributed by atoms with Gasteiger partial charge in [0, 0.05) is 6.54 Å². The summed E-state index contributed by atoms with van der Waals surface area (Å²) in [6.07, 6.45) is 0. The van der Waals surface area contributed by atoms with E-state index >= 15 is 0 Å². The van der Waals surface area contributed by atoms with Gasteiger partial charge in [-0.25, -0.2) is 13.1 Å². The van der Waals surface area contributed by atoms with Crippen LogP contribution in [0.3, 0.4) is 0 Å². The zero-order chi connectivity index (χ0) is 13.8. The van der Waals surface area contributed by atoms with Crippen LogP contribution in [0.5, 0.6) is 0 Å². The van der Waals surface area contributed by atoms with Crippen molar-refractivity contribution in [2.24, 2.45) is 11.8 Å². The Bertz CT molecular complexity index is 544. The maximum atomic E-state index is 12.0. The maximum Gasteiger partial charge on any atom is 0.240 e. The average Bonchev–Trinajstić information content (AvgIpc) is 2.36. The van der Waals surface area contributed by atoms with Gasteiger partial charge < -0.3 is 0 Å². The summed E-state index contributed by atoms with van der Waals surface area (Å²) in [7, 11) is -3.52. The molecule has 1 rings (SSSR count). The van der Waals surface area contributed by atoms with Gasteiger partial charge >= 0.3 is 0 Å². The van der Waals surface area contributed by atoms with Crippen LogP contribution in [0.2, 0.25) is 0 Å². The van der Waals surface area contributed by atoms with Gasteiger partial charge in [-0.05, 0) is 30.0 Å². The molecule has 0 bridgehead atoms. The fourth-order valence-corrected chi connectivity index (χ4v) is 2.48. The number of benzene rings is 1. The summed E-state index contributed by atoms with van der Waals surface area (Å²) in [5.41, 5.74) is 0.342. The van der Waals surface area contributed by atoms with E-state index in [1.54, 1.807) is 12.1 Å². The lowest BCUT2D eigenvalue weighted by molar-refractivity contribution is 0.414. The zero-order valence-corrected chi connectivity index (χ0v) is 11.7. The van der Waals surface area contributed by atoms with E-state index in [2.05, 4.69) is 18.6 Å². The molecule has 0 heterocycles. The van der Waals surface area contributed by atoms with Crippen molar-refractivity contribution >= 4 is 10.0 Å². The van der Waals surface area contributed by atoms with E-state index in [4.69, 9.17) is 5.26 Å². The van der Waals surface area contributed by atoms with Gasteiger partial charge in [0.05, 0.1) is 16.5 Å². The second kappa shape index (κ2) is 5.98. The Morgan fingerprint density at radius 1 is 1.33 bits per heavy atom. The molecule has 0 radical (unpaired) electrons. The van der Waals surface area contributed by atoms with Crippen LogP contribution in [-0.4, -0.2) is 15.0 Å². The van der Waals surface area contributed by atoms with Crippen LogP contribution >= 0.6 is 0 Å². The lowest BCUT2D eigenvalue weighted by Gasteiger charge is -2.16. The molecule has 0 saturated carbocycles. The lowest BCUT2D eigenvalue weighted by Crippen LogP contribution is -2.30. The van der Waals surface area contributed by atoms with Crippen molar-refractivity contribution in [1.82, 2.24) is 4.72 Å². The third-order valence-electron chi connectivity index (χ3n) is 3.01. The molecule has 1 aromatic rings. The van der Waals surface area contributed by atoms with Gasteiger partial charge in [-0.15, -0.1) is 0 Å². The molecular weight excluding hydrogens is 248 g/mol. The molecule has 0 aliphatic carbocycles. The van der Waals surface area contributed by atoms with Gasteiger partial charge in [0.1, 0.15) is 0 Å². The van der Waals surface area contributed by atoms with Gasteiger partial charge in [-0.3, -0.25) is 0 Å². The second-order valence-electron chi connectivity index (χ2n) is 4.71.